The smallest absolute Gasteiger partial charge is 0.191 e. The lowest BCUT2D eigenvalue weighted by Gasteiger charge is -2.21. The van der Waals surface area contributed by atoms with Crippen molar-refractivity contribution in [3.8, 4) is 5.75 Å². The summed E-state index contributed by atoms with van der Waals surface area (Å²) in [4.78, 5) is 7.09. The number of methoxy groups -OCH3 is 1. The normalized spacial score (nSPS) is 32.5. The Hall–Kier alpha value is -1.75. The predicted molar refractivity (Wildman–Crippen MR) is 101 cm³/mol. The van der Waals surface area contributed by atoms with E-state index in [2.05, 4.69) is 39.6 Å². The van der Waals surface area contributed by atoms with Gasteiger partial charge in [-0.15, -0.1) is 0 Å². The van der Waals surface area contributed by atoms with Crippen LogP contribution in [0.3, 0.4) is 0 Å². The molecular weight excluding hydrogens is 312 g/mol. The molecule has 25 heavy (non-hydrogen) atoms. The van der Waals surface area contributed by atoms with Crippen LogP contribution in [0.25, 0.3) is 0 Å². The number of hydrogen-bond donors (Lipinski definition) is 2. The largest absolute Gasteiger partial charge is 0.496 e. The lowest BCUT2D eigenvalue weighted by atomic mass is 9.96. The standard InChI is InChI=1S/C20H30N4O/c1-20(16-6-4-5-7-17(16)25-3)12-18(20)23-19(21-2)22-14-10-11-24(13-14)15-8-9-15/h4-7,14-15,18H,8-13H2,1-3H3,(H2,21,22,23). The van der Waals surface area contributed by atoms with Crippen LogP contribution in [0.2, 0.25) is 0 Å². The van der Waals surface area contributed by atoms with Crippen LogP contribution in [0.5, 0.6) is 5.75 Å². The Bertz CT molecular complexity index is 657. The summed E-state index contributed by atoms with van der Waals surface area (Å²) in [6, 6.07) is 10.1. The summed E-state index contributed by atoms with van der Waals surface area (Å²) in [6.07, 6.45) is 5.09. The van der Waals surface area contributed by atoms with Gasteiger partial charge < -0.3 is 15.4 Å². The Morgan fingerprint density at radius 3 is 2.76 bits per heavy atom. The maximum Gasteiger partial charge on any atom is 0.191 e. The molecule has 3 aliphatic rings. The van der Waals surface area contributed by atoms with Crippen LogP contribution in [0.15, 0.2) is 29.3 Å². The first-order valence-corrected chi connectivity index (χ1v) is 9.51. The quantitative estimate of drug-likeness (QED) is 0.636. The van der Waals surface area contributed by atoms with Gasteiger partial charge in [-0.3, -0.25) is 9.89 Å². The fourth-order valence-electron chi connectivity index (χ4n) is 4.20. The van der Waals surface area contributed by atoms with Gasteiger partial charge in [0.05, 0.1) is 7.11 Å². The van der Waals surface area contributed by atoms with Crippen molar-refractivity contribution in [1.29, 1.82) is 0 Å². The summed E-state index contributed by atoms with van der Waals surface area (Å²) in [5.41, 5.74) is 1.39. The van der Waals surface area contributed by atoms with E-state index in [4.69, 9.17) is 4.74 Å². The van der Waals surface area contributed by atoms with E-state index in [1.165, 1.54) is 31.4 Å². The molecule has 5 nitrogen and oxygen atoms in total. The van der Waals surface area contributed by atoms with E-state index in [0.717, 1.165) is 30.7 Å². The maximum absolute atomic E-state index is 5.56. The molecule has 4 rings (SSSR count). The van der Waals surface area contributed by atoms with Gasteiger partial charge in [0, 0.05) is 49.2 Å². The molecule has 2 aliphatic carbocycles. The lowest BCUT2D eigenvalue weighted by molar-refractivity contribution is 0.321. The van der Waals surface area contributed by atoms with E-state index in [0.29, 0.717) is 12.1 Å². The molecule has 1 aromatic rings. The van der Waals surface area contributed by atoms with Gasteiger partial charge in [0.1, 0.15) is 5.75 Å². The lowest BCUT2D eigenvalue weighted by Crippen LogP contribution is -2.46. The topological polar surface area (TPSA) is 48.9 Å². The van der Waals surface area contributed by atoms with Crippen molar-refractivity contribution in [2.24, 2.45) is 4.99 Å². The molecule has 0 spiro atoms. The SMILES string of the molecule is CN=C(NC1CCN(C2CC2)C1)NC1CC1(C)c1ccccc1OC. The fraction of sp³-hybridized carbons (Fsp3) is 0.650. The van der Waals surface area contributed by atoms with Crippen molar-refractivity contribution in [2.75, 3.05) is 27.2 Å². The predicted octanol–water partition coefficient (Wildman–Crippen LogP) is 2.13. The van der Waals surface area contributed by atoms with Gasteiger partial charge in [-0.2, -0.15) is 0 Å². The van der Waals surface area contributed by atoms with Crippen LogP contribution < -0.4 is 15.4 Å². The zero-order valence-corrected chi connectivity index (χ0v) is 15.6. The average molecular weight is 342 g/mol. The second-order valence-corrected chi connectivity index (χ2v) is 7.95. The van der Waals surface area contributed by atoms with E-state index in [1.807, 2.05) is 19.2 Å². The molecule has 3 fully saturated rings. The number of hydrogen-bond acceptors (Lipinski definition) is 3. The van der Waals surface area contributed by atoms with Crippen LogP contribution >= 0.6 is 0 Å². The molecule has 1 saturated heterocycles. The second-order valence-electron chi connectivity index (χ2n) is 7.95. The molecule has 0 radical (unpaired) electrons. The Kier molecular flexibility index (Phi) is 4.36. The first kappa shape index (κ1) is 16.7. The minimum absolute atomic E-state index is 0.111. The minimum Gasteiger partial charge on any atom is -0.496 e. The van der Waals surface area contributed by atoms with E-state index >= 15 is 0 Å². The number of para-hydroxylation sites is 1. The van der Waals surface area contributed by atoms with Gasteiger partial charge in [-0.25, -0.2) is 0 Å². The molecule has 0 bridgehead atoms. The van der Waals surface area contributed by atoms with Crippen molar-refractivity contribution in [3.63, 3.8) is 0 Å². The maximum atomic E-state index is 5.56. The molecule has 2 N–H and O–H groups in total. The van der Waals surface area contributed by atoms with Gasteiger partial charge in [-0.1, -0.05) is 25.1 Å². The summed E-state index contributed by atoms with van der Waals surface area (Å²) < 4.78 is 5.56. The van der Waals surface area contributed by atoms with Gasteiger partial charge >= 0.3 is 0 Å². The highest BCUT2D eigenvalue weighted by molar-refractivity contribution is 5.81. The van der Waals surface area contributed by atoms with Gasteiger partial charge in [0.2, 0.25) is 0 Å². The summed E-state index contributed by atoms with van der Waals surface area (Å²) in [7, 11) is 3.62. The highest BCUT2D eigenvalue weighted by atomic mass is 16.5. The Labute approximate surface area is 150 Å². The zero-order valence-electron chi connectivity index (χ0n) is 15.6. The molecule has 1 aromatic carbocycles. The van der Waals surface area contributed by atoms with Gasteiger partial charge in [-0.05, 0) is 31.7 Å². The number of aliphatic imine (C=N–C) groups is 1. The molecular formula is C20H30N4O. The molecule has 3 atom stereocenters. The zero-order chi connectivity index (χ0) is 17.4. The number of likely N-dealkylation sites (tertiary alicyclic amines) is 1. The third-order valence-electron chi connectivity index (χ3n) is 6.12. The summed E-state index contributed by atoms with van der Waals surface area (Å²) in [5.74, 6) is 1.92. The van der Waals surface area contributed by atoms with Crippen molar-refractivity contribution in [1.82, 2.24) is 15.5 Å². The third-order valence-corrected chi connectivity index (χ3v) is 6.12. The van der Waals surface area contributed by atoms with Crippen molar-refractivity contribution < 1.29 is 4.74 Å². The van der Waals surface area contributed by atoms with Crippen LogP contribution in [0.1, 0.15) is 38.2 Å². The molecule has 136 valence electrons. The average Bonchev–Trinajstić information content (AvgIpc) is 3.54. The van der Waals surface area contributed by atoms with E-state index in [-0.39, 0.29) is 5.41 Å². The molecule has 3 unspecified atom stereocenters. The Balaban J connectivity index is 1.35. The number of ether oxygens (including phenoxy) is 1. The Morgan fingerprint density at radius 1 is 1.24 bits per heavy atom. The molecule has 1 aliphatic heterocycles. The van der Waals surface area contributed by atoms with Crippen LogP contribution in [0, 0.1) is 0 Å². The molecule has 5 heteroatoms. The third kappa shape index (κ3) is 3.34. The number of rotatable bonds is 5. The minimum atomic E-state index is 0.111. The summed E-state index contributed by atoms with van der Waals surface area (Å²) in [5, 5.41) is 7.27. The molecule has 2 saturated carbocycles. The Morgan fingerprint density at radius 2 is 2.04 bits per heavy atom. The van der Waals surface area contributed by atoms with Crippen molar-refractivity contribution in [3.05, 3.63) is 29.8 Å². The molecule has 0 amide bonds. The second kappa shape index (κ2) is 6.52. The van der Waals surface area contributed by atoms with Crippen LogP contribution in [-0.4, -0.2) is 56.2 Å². The van der Waals surface area contributed by atoms with Crippen LogP contribution in [-0.2, 0) is 5.41 Å². The first-order valence-electron chi connectivity index (χ1n) is 9.51. The number of nitrogens with zero attached hydrogens (tertiary/aromatic N) is 2. The molecule has 0 aromatic heterocycles. The highest BCUT2D eigenvalue weighted by Gasteiger charge is 2.53. The summed E-state index contributed by atoms with van der Waals surface area (Å²) in [6.45, 7) is 4.68. The first-order chi connectivity index (χ1) is 12.1. The van der Waals surface area contributed by atoms with Gasteiger partial charge in [0.25, 0.3) is 0 Å². The number of nitrogens with one attached hydrogen (secondary N) is 2. The highest BCUT2D eigenvalue weighted by Crippen LogP contribution is 2.50. The van der Waals surface area contributed by atoms with Gasteiger partial charge in [0.15, 0.2) is 5.96 Å². The van der Waals surface area contributed by atoms with E-state index < -0.39 is 0 Å². The van der Waals surface area contributed by atoms with E-state index in [1.54, 1.807) is 7.11 Å². The van der Waals surface area contributed by atoms with E-state index in [9.17, 15) is 0 Å². The van der Waals surface area contributed by atoms with Crippen molar-refractivity contribution >= 4 is 5.96 Å². The number of benzene rings is 1. The number of guanidine groups is 1. The fourth-order valence-corrected chi connectivity index (χ4v) is 4.20. The summed E-state index contributed by atoms with van der Waals surface area (Å²) >= 11 is 0. The van der Waals surface area contributed by atoms with Crippen molar-refractivity contribution in [2.45, 2.75) is 56.1 Å². The van der Waals surface area contributed by atoms with Crippen LogP contribution in [0.4, 0.5) is 0 Å². The molecule has 1 heterocycles. The monoisotopic (exact) mass is 342 g/mol.